The van der Waals surface area contributed by atoms with Crippen LogP contribution in [0.1, 0.15) is 18.4 Å². The second kappa shape index (κ2) is 7.47. The Morgan fingerprint density at radius 2 is 1.90 bits per heavy atom. The molecular weight excluding hydrogens is 301 g/mol. The SMILES string of the molecule is O=C(O)CCC(CP(O)(=S)Cc1ccncc1)C(=O)O. The molecule has 1 heterocycles. The van der Waals surface area contributed by atoms with Crippen LogP contribution in [0, 0.1) is 5.92 Å². The molecule has 0 aliphatic rings. The molecule has 0 radical (unpaired) electrons. The Bertz CT molecular complexity index is 522. The largest absolute Gasteiger partial charge is 0.481 e. The summed E-state index contributed by atoms with van der Waals surface area (Å²) in [5, 5.41) is 17.7. The second-order valence-electron chi connectivity index (χ2n) is 4.51. The lowest BCUT2D eigenvalue weighted by atomic mass is 10.1. The molecule has 2 unspecified atom stereocenters. The van der Waals surface area contributed by atoms with Gasteiger partial charge in [0, 0.05) is 31.1 Å². The van der Waals surface area contributed by atoms with Crippen molar-refractivity contribution in [2.45, 2.75) is 19.0 Å². The minimum absolute atomic E-state index is 0.0278. The lowest BCUT2D eigenvalue weighted by Gasteiger charge is -2.19. The number of aromatic nitrogens is 1. The Labute approximate surface area is 121 Å². The van der Waals surface area contributed by atoms with Crippen LogP contribution in [0.25, 0.3) is 0 Å². The van der Waals surface area contributed by atoms with E-state index >= 15 is 0 Å². The molecule has 110 valence electrons. The van der Waals surface area contributed by atoms with Crippen LogP contribution in [0.5, 0.6) is 0 Å². The predicted octanol–water partition coefficient (Wildman–Crippen LogP) is 1.53. The van der Waals surface area contributed by atoms with Crippen LogP contribution < -0.4 is 0 Å². The number of aliphatic carboxylic acids is 2. The van der Waals surface area contributed by atoms with Crippen molar-refractivity contribution >= 4 is 30.0 Å². The molecule has 2 atom stereocenters. The standard InChI is InChI=1S/C12H16NO5PS/c14-11(15)2-1-10(12(16)17)8-19(18,20)7-9-3-5-13-6-4-9/h3-6,10H,1-2,7-8H2,(H,14,15)(H,16,17)(H,18,20). The van der Waals surface area contributed by atoms with Gasteiger partial charge in [-0.2, -0.15) is 0 Å². The fourth-order valence-electron chi connectivity index (χ4n) is 1.77. The van der Waals surface area contributed by atoms with Crippen molar-refractivity contribution in [2.24, 2.45) is 5.92 Å². The Kier molecular flexibility index (Phi) is 6.26. The molecular formula is C12H16NO5PS. The molecule has 0 fully saturated rings. The van der Waals surface area contributed by atoms with Crippen molar-refractivity contribution in [2.75, 3.05) is 6.16 Å². The van der Waals surface area contributed by atoms with Crippen molar-refractivity contribution in [1.29, 1.82) is 0 Å². The molecule has 1 aromatic rings. The Hall–Kier alpha value is -1.30. The zero-order valence-electron chi connectivity index (χ0n) is 10.7. The van der Waals surface area contributed by atoms with Gasteiger partial charge in [0.2, 0.25) is 0 Å². The number of pyridine rings is 1. The van der Waals surface area contributed by atoms with Crippen LogP contribution in [0.15, 0.2) is 24.5 Å². The van der Waals surface area contributed by atoms with Crippen LogP contribution in [-0.4, -0.2) is 38.2 Å². The lowest BCUT2D eigenvalue weighted by molar-refractivity contribution is -0.142. The zero-order chi connectivity index (χ0) is 15.2. The number of hydrogen-bond acceptors (Lipinski definition) is 4. The van der Waals surface area contributed by atoms with E-state index in [0.717, 1.165) is 5.56 Å². The smallest absolute Gasteiger partial charge is 0.306 e. The molecule has 8 heteroatoms. The summed E-state index contributed by atoms with van der Waals surface area (Å²) in [6.07, 6.45) is 0.179. The van der Waals surface area contributed by atoms with Gasteiger partial charge in [0.25, 0.3) is 0 Å². The van der Waals surface area contributed by atoms with Gasteiger partial charge in [0.05, 0.1) is 12.2 Å². The number of nitrogens with zero attached hydrogens (tertiary/aromatic N) is 1. The van der Waals surface area contributed by atoms with Crippen molar-refractivity contribution < 1.29 is 24.7 Å². The maximum Gasteiger partial charge on any atom is 0.306 e. The summed E-state index contributed by atoms with van der Waals surface area (Å²) >= 11 is 5.14. The minimum atomic E-state index is -2.85. The van der Waals surface area contributed by atoms with E-state index in [0.29, 0.717) is 0 Å². The van der Waals surface area contributed by atoms with E-state index in [1.807, 2.05) is 0 Å². The van der Waals surface area contributed by atoms with Crippen LogP contribution >= 0.6 is 6.26 Å². The van der Waals surface area contributed by atoms with Gasteiger partial charge in [0.15, 0.2) is 0 Å². The van der Waals surface area contributed by atoms with Gasteiger partial charge in [-0.15, -0.1) is 0 Å². The summed E-state index contributed by atoms with van der Waals surface area (Å²) in [6.45, 7) is 0. The van der Waals surface area contributed by atoms with Crippen molar-refractivity contribution in [3.8, 4) is 0 Å². The first-order valence-electron chi connectivity index (χ1n) is 5.94. The first-order valence-corrected chi connectivity index (χ1v) is 9.07. The highest BCUT2D eigenvalue weighted by Gasteiger charge is 2.26. The normalized spacial score (nSPS) is 15.2. The van der Waals surface area contributed by atoms with Gasteiger partial charge < -0.3 is 15.1 Å². The average molecular weight is 317 g/mol. The van der Waals surface area contributed by atoms with Crippen LogP contribution in [0.4, 0.5) is 0 Å². The molecule has 0 bridgehead atoms. The second-order valence-corrected chi connectivity index (χ2v) is 8.92. The topological polar surface area (TPSA) is 108 Å². The Balaban J connectivity index is 2.68. The summed E-state index contributed by atoms with van der Waals surface area (Å²) in [5.41, 5.74) is 0.799. The highest BCUT2D eigenvalue weighted by Crippen LogP contribution is 2.47. The molecule has 3 N–H and O–H groups in total. The highest BCUT2D eigenvalue weighted by molar-refractivity contribution is 8.11. The van der Waals surface area contributed by atoms with E-state index in [1.165, 1.54) is 0 Å². The van der Waals surface area contributed by atoms with Crippen LogP contribution in [-0.2, 0) is 27.6 Å². The van der Waals surface area contributed by atoms with Crippen LogP contribution in [0.2, 0.25) is 0 Å². The van der Waals surface area contributed by atoms with E-state index in [4.69, 9.17) is 22.0 Å². The molecule has 1 rings (SSSR count). The van der Waals surface area contributed by atoms with Crippen molar-refractivity contribution in [3.63, 3.8) is 0 Å². The Morgan fingerprint density at radius 1 is 1.30 bits per heavy atom. The average Bonchev–Trinajstić information content (AvgIpc) is 2.34. The summed E-state index contributed by atoms with van der Waals surface area (Å²) in [7, 11) is 0. The molecule has 0 aliphatic heterocycles. The van der Waals surface area contributed by atoms with E-state index in [1.54, 1.807) is 24.5 Å². The first kappa shape index (κ1) is 16.8. The summed E-state index contributed by atoms with van der Waals surface area (Å²) in [4.78, 5) is 35.7. The predicted molar refractivity (Wildman–Crippen MR) is 77.3 cm³/mol. The molecule has 0 saturated heterocycles. The molecule has 0 aromatic carbocycles. The molecule has 6 nitrogen and oxygen atoms in total. The summed E-state index contributed by atoms with van der Waals surface area (Å²) < 4.78 is 0. The first-order chi connectivity index (χ1) is 9.30. The molecule has 0 aliphatic carbocycles. The number of carboxylic acid groups (broad SMARTS) is 2. The number of carbonyl (C=O) groups is 2. The monoisotopic (exact) mass is 317 g/mol. The van der Waals surface area contributed by atoms with Gasteiger partial charge in [-0.1, -0.05) is 11.8 Å². The van der Waals surface area contributed by atoms with Gasteiger partial charge in [0.1, 0.15) is 0 Å². The fourth-order valence-corrected chi connectivity index (χ4v) is 4.70. The van der Waals surface area contributed by atoms with Crippen molar-refractivity contribution in [3.05, 3.63) is 30.1 Å². The third-order valence-corrected chi connectivity index (χ3v) is 5.45. The molecule has 0 amide bonds. The van der Waals surface area contributed by atoms with Gasteiger partial charge in [-0.3, -0.25) is 14.6 Å². The third kappa shape index (κ3) is 6.23. The number of hydrogen-bond donors (Lipinski definition) is 3. The third-order valence-electron chi connectivity index (χ3n) is 2.74. The maximum atomic E-state index is 11.1. The minimum Gasteiger partial charge on any atom is -0.481 e. The van der Waals surface area contributed by atoms with E-state index in [-0.39, 0.29) is 25.2 Å². The van der Waals surface area contributed by atoms with E-state index in [2.05, 4.69) is 4.98 Å². The van der Waals surface area contributed by atoms with Crippen LogP contribution in [0.3, 0.4) is 0 Å². The molecule has 0 saturated carbocycles. The van der Waals surface area contributed by atoms with Gasteiger partial charge in [-0.05, 0) is 24.1 Å². The zero-order valence-corrected chi connectivity index (χ0v) is 12.4. The number of rotatable bonds is 8. The molecule has 1 aromatic heterocycles. The van der Waals surface area contributed by atoms with E-state index in [9.17, 15) is 14.5 Å². The number of carboxylic acids is 2. The molecule has 20 heavy (non-hydrogen) atoms. The van der Waals surface area contributed by atoms with Gasteiger partial charge in [-0.25, -0.2) is 0 Å². The van der Waals surface area contributed by atoms with E-state index < -0.39 is 24.1 Å². The Morgan fingerprint density at radius 3 is 2.40 bits per heavy atom. The quantitative estimate of drug-likeness (QED) is 0.624. The summed E-state index contributed by atoms with van der Waals surface area (Å²) in [5.74, 6) is -3.11. The van der Waals surface area contributed by atoms with Gasteiger partial charge >= 0.3 is 11.9 Å². The summed E-state index contributed by atoms with van der Waals surface area (Å²) in [6, 6.07) is 3.43. The highest BCUT2D eigenvalue weighted by atomic mass is 32.4. The maximum absolute atomic E-state index is 11.1. The lowest BCUT2D eigenvalue weighted by Crippen LogP contribution is -2.19. The van der Waals surface area contributed by atoms with Crippen molar-refractivity contribution in [1.82, 2.24) is 4.98 Å². The molecule has 0 spiro atoms. The fraction of sp³-hybridized carbons (Fsp3) is 0.417.